The first-order chi connectivity index (χ1) is 10.3. The van der Waals surface area contributed by atoms with Gasteiger partial charge in [-0.25, -0.2) is 8.42 Å². The largest absolute Gasteiger partial charge is 0.339 e. The molecule has 2 rings (SSSR count). The second-order valence-electron chi connectivity index (χ2n) is 4.97. The number of benzene rings is 1. The van der Waals surface area contributed by atoms with Crippen LogP contribution in [0.1, 0.15) is 0 Å². The normalized spacial score (nSPS) is 15.4. The number of rotatable bonds is 4. The third-order valence-electron chi connectivity index (χ3n) is 3.41. The fourth-order valence-electron chi connectivity index (χ4n) is 2.13. The highest BCUT2D eigenvalue weighted by atomic mass is 35.5. The van der Waals surface area contributed by atoms with Crippen LogP contribution < -0.4 is 5.32 Å². The van der Waals surface area contributed by atoms with Crippen molar-refractivity contribution in [3.05, 3.63) is 28.2 Å². The summed E-state index contributed by atoms with van der Waals surface area (Å²) in [5, 5.41) is 3.48. The lowest BCUT2D eigenvalue weighted by atomic mass is 10.3. The van der Waals surface area contributed by atoms with Crippen molar-refractivity contribution in [3.8, 4) is 0 Å². The van der Waals surface area contributed by atoms with Crippen LogP contribution in [0.25, 0.3) is 0 Å². The van der Waals surface area contributed by atoms with Crippen molar-refractivity contribution in [3.63, 3.8) is 0 Å². The van der Waals surface area contributed by atoms with Crippen LogP contribution in [0.4, 0.5) is 0 Å². The van der Waals surface area contributed by atoms with Gasteiger partial charge >= 0.3 is 0 Å². The smallest absolute Gasteiger partial charge is 0.244 e. The number of nitrogens with zero attached hydrogens (tertiary/aromatic N) is 2. The molecule has 1 amide bonds. The molecule has 1 aromatic rings. The van der Waals surface area contributed by atoms with Gasteiger partial charge in [-0.2, -0.15) is 4.31 Å². The topological polar surface area (TPSA) is 69.7 Å². The van der Waals surface area contributed by atoms with Crippen LogP contribution in [-0.4, -0.2) is 63.3 Å². The van der Waals surface area contributed by atoms with E-state index in [-0.39, 0.29) is 39.8 Å². The van der Waals surface area contributed by atoms with Crippen molar-refractivity contribution in [2.75, 3.05) is 39.8 Å². The molecule has 0 radical (unpaired) electrons. The van der Waals surface area contributed by atoms with Gasteiger partial charge in [0, 0.05) is 38.2 Å². The lowest BCUT2D eigenvalue weighted by molar-refractivity contribution is -0.131. The first-order valence-electron chi connectivity index (χ1n) is 6.72. The Bertz CT molecular complexity index is 664. The highest BCUT2D eigenvalue weighted by Crippen LogP contribution is 2.27. The lowest BCUT2D eigenvalue weighted by Gasteiger charge is -2.29. The molecule has 6 nitrogen and oxygen atoms in total. The van der Waals surface area contributed by atoms with Crippen molar-refractivity contribution in [2.45, 2.75) is 4.90 Å². The maximum atomic E-state index is 12.5. The number of nitrogens with one attached hydrogen (secondary N) is 1. The predicted octanol–water partition coefficient (Wildman–Crippen LogP) is 1.47. The molecular weight excluding hydrogens is 385 g/mol. The Morgan fingerprint density at radius 3 is 2.52 bits per heavy atom. The van der Waals surface area contributed by atoms with E-state index in [0.29, 0.717) is 26.2 Å². The molecule has 1 fully saturated rings. The third kappa shape index (κ3) is 4.95. The van der Waals surface area contributed by atoms with E-state index in [9.17, 15) is 13.2 Å². The molecule has 0 aromatic heterocycles. The highest BCUT2D eigenvalue weighted by molar-refractivity contribution is 7.89. The van der Waals surface area contributed by atoms with Crippen molar-refractivity contribution >= 4 is 51.5 Å². The Hall–Kier alpha value is -0.570. The zero-order valence-electron chi connectivity index (χ0n) is 12.5. The van der Waals surface area contributed by atoms with Crippen LogP contribution in [0.5, 0.6) is 0 Å². The number of amides is 1. The van der Waals surface area contributed by atoms with E-state index in [0.717, 1.165) is 4.31 Å². The van der Waals surface area contributed by atoms with Crippen LogP contribution in [0.15, 0.2) is 23.1 Å². The minimum absolute atomic E-state index is 0. The summed E-state index contributed by atoms with van der Waals surface area (Å²) in [6.45, 7) is 2.34. The summed E-state index contributed by atoms with van der Waals surface area (Å²) in [5.74, 6) is -0.231. The maximum absolute atomic E-state index is 12.5. The summed E-state index contributed by atoms with van der Waals surface area (Å²) >= 11 is 11.8. The third-order valence-corrected chi connectivity index (χ3v) is 5.93. The van der Waals surface area contributed by atoms with Gasteiger partial charge in [-0.3, -0.25) is 4.79 Å². The first kappa shape index (κ1) is 20.5. The zero-order valence-corrected chi connectivity index (χ0v) is 15.6. The summed E-state index contributed by atoms with van der Waals surface area (Å²) in [6.07, 6.45) is 0. The Labute approximate surface area is 152 Å². The number of sulfonamides is 1. The lowest BCUT2D eigenvalue weighted by Crippen LogP contribution is -2.49. The number of carbonyl (C=O) groups excluding carboxylic acids is 1. The molecule has 0 aliphatic carbocycles. The van der Waals surface area contributed by atoms with Crippen molar-refractivity contribution < 1.29 is 13.2 Å². The first-order valence-corrected chi connectivity index (χ1v) is 8.92. The van der Waals surface area contributed by atoms with Gasteiger partial charge in [-0.05, 0) is 18.2 Å². The van der Waals surface area contributed by atoms with E-state index in [1.807, 2.05) is 0 Å². The quantitative estimate of drug-likeness (QED) is 0.828. The Morgan fingerprint density at radius 1 is 1.30 bits per heavy atom. The summed E-state index contributed by atoms with van der Waals surface area (Å²) < 4.78 is 26.0. The standard InChI is InChI=1S/C13H17Cl2N3O3S.ClH/c1-17(9-13(19)18-6-4-16-5-7-18)22(20,21)12-8-10(14)2-3-11(12)15;/h2-3,8,16H,4-7,9H2,1H3;1H. The number of halogens is 3. The van der Waals surface area contributed by atoms with Gasteiger partial charge in [0.25, 0.3) is 0 Å². The molecule has 0 atom stereocenters. The van der Waals surface area contributed by atoms with Gasteiger partial charge in [-0.15, -0.1) is 12.4 Å². The Kier molecular flexibility index (Phi) is 7.57. The van der Waals surface area contributed by atoms with Gasteiger partial charge in [0.2, 0.25) is 15.9 Å². The molecule has 130 valence electrons. The Morgan fingerprint density at radius 2 is 1.91 bits per heavy atom. The molecule has 0 spiro atoms. The molecular formula is C13H18Cl3N3O3S. The second kappa shape index (κ2) is 8.50. The van der Waals surface area contributed by atoms with Gasteiger partial charge in [0.15, 0.2) is 0 Å². The van der Waals surface area contributed by atoms with Crippen LogP contribution in [-0.2, 0) is 14.8 Å². The van der Waals surface area contributed by atoms with Gasteiger partial charge in [0.1, 0.15) is 4.90 Å². The number of hydrogen-bond acceptors (Lipinski definition) is 4. The number of hydrogen-bond donors (Lipinski definition) is 1. The fraction of sp³-hybridized carbons (Fsp3) is 0.462. The molecule has 1 heterocycles. The number of piperazine rings is 1. The maximum Gasteiger partial charge on any atom is 0.244 e. The molecule has 0 unspecified atom stereocenters. The zero-order chi connectivity index (χ0) is 16.3. The fourth-order valence-corrected chi connectivity index (χ4v) is 3.99. The average Bonchev–Trinajstić information content (AvgIpc) is 2.50. The van der Waals surface area contributed by atoms with E-state index in [1.165, 1.54) is 25.2 Å². The van der Waals surface area contributed by atoms with Crippen LogP contribution >= 0.6 is 35.6 Å². The van der Waals surface area contributed by atoms with Crippen molar-refractivity contribution in [2.24, 2.45) is 0 Å². The minimum Gasteiger partial charge on any atom is -0.339 e. The van der Waals surface area contributed by atoms with E-state index in [1.54, 1.807) is 4.90 Å². The van der Waals surface area contributed by atoms with Gasteiger partial charge in [-0.1, -0.05) is 23.2 Å². The molecule has 1 aromatic carbocycles. The van der Waals surface area contributed by atoms with Gasteiger partial charge in [0.05, 0.1) is 11.6 Å². The molecule has 10 heteroatoms. The molecule has 0 saturated carbocycles. The van der Waals surface area contributed by atoms with Crippen LogP contribution in [0, 0.1) is 0 Å². The SMILES string of the molecule is CN(CC(=O)N1CCNCC1)S(=O)(=O)c1cc(Cl)ccc1Cl.Cl. The molecule has 1 N–H and O–H groups in total. The molecule has 1 aliphatic heterocycles. The van der Waals surface area contributed by atoms with E-state index in [2.05, 4.69) is 5.32 Å². The summed E-state index contributed by atoms with van der Waals surface area (Å²) in [4.78, 5) is 13.7. The minimum atomic E-state index is -3.87. The van der Waals surface area contributed by atoms with E-state index in [4.69, 9.17) is 23.2 Å². The number of carbonyl (C=O) groups is 1. The monoisotopic (exact) mass is 401 g/mol. The van der Waals surface area contributed by atoms with E-state index >= 15 is 0 Å². The van der Waals surface area contributed by atoms with E-state index < -0.39 is 10.0 Å². The van der Waals surface area contributed by atoms with Crippen LogP contribution in [0.2, 0.25) is 10.0 Å². The predicted molar refractivity (Wildman–Crippen MR) is 93.0 cm³/mol. The summed E-state index contributed by atoms with van der Waals surface area (Å²) in [6, 6.07) is 4.21. The van der Waals surface area contributed by atoms with Gasteiger partial charge < -0.3 is 10.2 Å². The molecule has 1 saturated heterocycles. The summed E-state index contributed by atoms with van der Waals surface area (Å²) in [5.41, 5.74) is 0. The second-order valence-corrected chi connectivity index (χ2v) is 7.82. The summed E-state index contributed by atoms with van der Waals surface area (Å²) in [7, 11) is -2.52. The van der Waals surface area contributed by atoms with Crippen molar-refractivity contribution in [1.29, 1.82) is 0 Å². The average molecular weight is 403 g/mol. The molecule has 23 heavy (non-hydrogen) atoms. The Balaban J connectivity index is 0.00000264. The van der Waals surface area contributed by atoms with Crippen LogP contribution in [0.3, 0.4) is 0 Å². The molecule has 1 aliphatic rings. The molecule has 0 bridgehead atoms. The van der Waals surface area contributed by atoms with Crippen molar-refractivity contribution in [1.82, 2.24) is 14.5 Å². The number of likely N-dealkylation sites (N-methyl/N-ethyl adjacent to an activating group) is 1. The highest BCUT2D eigenvalue weighted by Gasteiger charge is 2.27.